The predicted octanol–water partition coefficient (Wildman–Crippen LogP) is 3.33. The Morgan fingerprint density at radius 2 is 1.93 bits per heavy atom. The van der Waals surface area contributed by atoms with Crippen molar-refractivity contribution in [1.29, 1.82) is 0 Å². The van der Waals surface area contributed by atoms with Crippen molar-refractivity contribution in [2.24, 2.45) is 0 Å². The van der Waals surface area contributed by atoms with Crippen LogP contribution in [0, 0.1) is 13.8 Å². The number of aromatic amines is 1. The highest BCUT2D eigenvalue weighted by Gasteiger charge is 2.27. The second-order valence-electron chi connectivity index (χ2n) is 7.33. The molecule has 2 aromatic rings. The summed E-state index contributed by atoms with van der Waals surface area (Å²) in [5.74, 6) is -0.0859. The molecule has 0 aliphatic carbocycles. The van der Waals surface area contributed by atoms with E-state index in [0.717, 1.165) is 59.7 Å². The van der Waals surface area contributed by atoms with Gasteiger partial charge >= 0.3 is 0 Å². The molecule has 0 spiro atoms. The lowest BCUT2D eigenvalue weighted by molar-refractivity contribution is -0.110. The number of carbonyl (C=O) groups excluding carboxylic acids is 2. The minimum Gasteiger partial charge on any atom is -0.399 e. The zero-order chi connectivity index (χ0) is 19.1. The molecule has 2 amide bonds. The van der Waals surface area contributed by atoms with Crippen molar-refractivity contribution in [3.8, 4) is 0 Å². The lowest BCUT2D eigenvalue weighted by atomic mass is 10.0. The smallest absolute Gasteiger partial charge is 0.256 e. The molecule has 4 N–H and O–H groups in total. The summed E-state index contributed by atoms with van der Waals surface area (Å²) < 4.78 is 0. The highest BCUT2D eigenvalue weighted by molar-refractivity contribution is 6.35. The Hall–Kier alpha value is -3.02. The van der Waals surface area contributed by atoms with E-state index in [1.165, 1.54) is 6.42 Å². The normalized spacial score (nSPS) is 17.9. The molecule has 6 nitrogen and oxygen atoms in total. The maximum Gasteiger partial charge on any atom is 0.256 e. The fourth-order valence-electron chi connectivity index (χ4n) is 3.99. The molecule has 0 atom stereocenters. The summed E-state index contributed by atoms with van der Waals surface area (Å²) in [6.45, 7) is 5.47. The molecule has 1 aromatic heterocycles. The van der Waals surface area contributed by atoms with Gasteiger partial charge in [0, 0.05) is 41.4 Å². The number of amides is 2. The van der Waals surface area contributed by atoms with Gasteiger partial charge in [0.2, 0.25) is 0 Å². The van der Waals surface area contributed by atoms with Crippen LogP contribution in [-0.4, -0.2) is 34.8 Å². The molecule has 0 unspecified atom stereocenters. The Bertz CT molecular complexity index is 965. The summed E-state index contributed by atoms with van der Waals surface area (Å²) in [7, 11) is 0. The maximum atomic E-state index is 13.0. The molecule has 27 heavy (non-hydrogen) atoms. The average Bonchev–Trinajstić information content (AvgIpc) is 3.11. The van der Waals surface area contributed by atoms with Crippen molar-refractivity contribution < 1.29 is 9.59 Å². The van der Waals surface area contributed by atoms with Gasteiger partial charge in [-0.2, -0.15) is 0 Å². The Balaban J connectivity index is 1.72. The first kappa shape index (κ1) is 17.4. The number of fused-ring (bicyclic) bond motifs is 1. The first-order chi connectivity index (χ1) is 13.0. The van der Waals surface area contributed by atoms with Gasteiger partial charge in [0.05, 0.1) is 11.1 Å². The van der Waals surface area contributed by atoms with Crippen molar-refractivity contribution in [2.75, 3.05) is 24.1 Å². The second kappa shape index (κ2) is 6.61. The lowest BCUT2D eigenvalue weighted by Gasteiger charge is -2.27. The maximum absolute atomic E-state index is 13.0. The summed E-state index contributed by atoms with van der Waals surface area (Å²) in [4.78, 5) is 30.6. The summed E-state index contributed by atoms with van der Waals surface area (Å²) in [6, 6.07) is 5.37. The van der Waals surface area contributed by atoms with Crippen molar-refractivity contribution in [3.63, 3.8) is 0 Å². The molecule has 1 aromatic carbocycles. The van der Waals surface area contributed by atoms with E-state index < -0.39 is 0 Å². The van der Waals surface area contributed by atoms with Crippen molar-refractivity contribution in [3.05, 3.63) is 46.3 Å². The number of benzene rings is 1. The quantitative estimate of drug-likeness (QED) is 0.564. The number of carbonyl (C=O) groups is 2. The summed E-state index contributed by atoms with van der Waals surface area (Å²) >= 11 is 0. The Kier molecular flexibility index (Phi) is 4.26. The van der Waals surface area contributed by atoms with Gasteiger partial charge in [0.15, 0.2) is 0 Å². The fourth-order valence-corrected chi connectivity index (χ4v) is 3.99. The van der Waals surface area contributed by atoms with Gasteiger partial charge in [-0.15, -0.1) is 0 Å². The van der Waals surface area contributed by atoms with Crippen LogP contribution in [0.25, 0.3) is 11.6 Å². The number of hydrogen-bond donors (Lipinski definition) is 3. The van der Waals surface area contributed by atoms with Crippen molar-refractivity contribution >= 4 is 34.8 Å². The number of nitrogens with one attached hydrogen (secondary N) is 2. The Labute approximate surface area is 158 Å². The largest absolute Gasteiger partial charge is 0.399 e. The van der Waals surface area contributed by atoms with Gasteiger partial charge < -0.3 is 20.9 Å². The van der Waals surface area contributed by atoms with Crippen LogP contribution in [0.4, 0.5) is 11.4 Å². The number of nitrogen functional groups attached to an aromatic ring is 1. The minimum absolute atomic E-state index is 0.0751. The lowest BCUT2D eigenvalue weighted by Crippen LogP contribution is -2.36. The number of H-pyrrole nitrogens is 1. The monoisotopic (exact) mass is 364 g/mol. The van der Waals surface area contributed by atoms with E-state index >= 15 is 0 Å². The summed E-state index contributed by atoms with van der Waals surface area (Å²) in [5.41, 5.74) is 11.8. The van der Waals surface area contributed by atoms with E-state index in [2.05, 4.69) is 10.3 Å². The standard InChI is InChI=1S/C21H24N4O2/c1-12-18(11-16-15-10-14(22)6-7-17(15)24-20(16)26)23-13(2)19(12)21(27)25-8-4-3-5-9-25/h6-7,10-11,23H,3-5,8-9,22H2,1-2H3,(H,24,26)/b16-11-. The van der Waals surface area contributed by atoms with Crippen LogP contribution in [0.1, 0.15) is 52.1 Å². The molecular formula is C21H24N4O2. The van der Waals surface area contributed by atoms with E-state index in [1.54, 1.807) is 12.1 Å². The number of aromatic nitrogens is 1. The number of likely N-dealkylation sites (tertiary alicyclic amines) is 1. The Morgan fingerprint density at radius 1 is 1.19 bits per heavy atom. The number of nitrogens with zero attached hydrogens (tertiary/aromatic N) is 1. The predicted molar refractivity (Wildman–Crippen MR) is 107 cm³/mol. The SMILES string of the molecule is Cc1[nH]c(/C=C2\C(=O)Nc3ccc(N)cc32)c(C)c1C(=O)N1CCCCC1. The molecule has 140 valence electrons. The van der Waals surface area contributed by atoms with Gasteiger partial charge in [-0.05, 0) is 62.9 Å². The van der Waals surface area contributed by atoms with Gasteiger partial charge in [-0.25, -0.2) is 0 Å². The molecule has 1 saturated heterocycles. The van der Waals surface area contributed by atoms with E-state index in [0.29, 0.717) is 11.3 Å². The number of piperidine rings is 1. The zero-order valence-electron chi connectivity index (χ0n) is 15.7. The molecule has 4 rings (SSSR count). The molecule has 0 radical (unpaired) electrons. The third-order valence-electron chi connectivity index (χ3n) is 5.45. The van der Waals surface area contributed by atoms with Gasteiger partial charge in [0.25, 0.3) is 11.8 Å². The highest BCUT2D eigenvalue weighted by Crippen LogP contribution is 2.35. The van der Waals surface area contributed by atoms with Crippen LogP contribution in [0.5, 0.6) is 0 Å². The number of hydrogen-bond acceptors (Lipinski definition) is 3. The molecule has 2 aliphatic rings. The summed E-state index contributed by atoms with van der Waals surface area (Å²) in [6.07, 6.45) is 5.12. The number of aryl methyl sites for hydroxylation is 1. The van der Waals surface area contributed by atoms with Crippen LogP contribution in [0.15, 0.2) is 18.2 Å². The van der Waals surface area contributed by atoms with E-state index in [4.69, 9.17) is 5.73 Å². The summed E-state index contributed by atoms with van der Waals surface area (Å²) in [5, 5.41) is 2.86. The number of nitrogens with two attached hydrogens (primary N) is 1. The highest BCUT2D eigenvalue weighted by atomic mass is 16.2. The molecule has 1 fully saturated rings. The average molecular weight is 364 g/mol. The van der Waals surface area contributed by atoms with Crippen molar-refractivity contribution in [2.45, 2.75) is 33.1 Å². The van der Waals surface area contributed by atoms with Gasteiger partial charge in [-0.3, -0.25) is 9.59 Å². The molecule has 0 bridgehead atoms. The third kappa shape index (κ3) is 3.01. The van der Waals surface area contributed by atoms with Crippen LogP contribution < -0.4 is 11.1 Å². The zero-order valence-corrected chi connectivity index (χ0v) is 15.7. The first-order valence-electron chi connectivity index (χ1n) is 9.37. The van der Waals surface area contributed by atoms with E-state index in [9.17, 15) is 9.59 Å². The molecule has 6 heteroatoms. The molecule has 2 aliphatic heterocycles. The van der Waals surface area contributed by atoms with Crippen LogP contribution >= 0.6 is 0 Å². The number of rotatable bonds is 2. The minimum atomic E-state index is -0.161. The Morgan fingerprint density at radius 3 is 2.67 bits per heavy atom. The van der Waals surface area contributed by atoms with Crippen LogP contribution in [-0.2, 0) is 4.79 Å². The van der Waals surface area contributed by atoms with Crippen LogP contribution in [0.2, 0.25) is 0 Å². The van der Waals surface area contributed by atoms with E-state index in [1.807, 2.05) is 30.9 Å². The topological polar surface area (TPSA) is 91.2 Å². The third-order valence-corrected chi connectivity index (χ3v) is 5.45. The molecular weight excluding hydrogens is 340 g/mol. The fraction of sp³-hybridized carbons (Fsp3) is 0.333. The van der Waals surface area contributed by atoms with Crippen LogP contribution in [0.3, 0.4) is 0 Å². The molecule has 0 saturated carbocycles. The van der Waals surface area contributed by atoms with E-state index in [-0.39, 0.29) is 11.8 Å². The number of anilines is 2. The first-order valence-corrected chi connectivity index (χ1v) is 9.37. The molecule has 3 heterocycles. The van der Waals surface area contributed by atoms with Crippen molar-refractivity contribution in [1.82, 2.24) is 9.88 Å². The second-order valence-corrected chi connectivity index (χ2v) is 7.33. The van der Waals surface area contributed by atoms with Gasteiger partial charge in [0.1, 0.15) is 0 Å². The van der Waals surface area contributed by atoms with Gasteiger partial charge in [-0.1, -0.05) is 0 Å².